The fraction of sp³-hybridized carbons (Fsp3) is 0.455. The minimum Gasteiger partial charge on any atom is -0.338 e. The molecule has 150 valence electrons. The molecule has 28 heavy (non-hydrogen) atoms. The van der Waals surface area contributed by atoms with Crippen LogP contribution in [0.15, 0.2) is 30.3 Å². The maximum Gasteiger partial charge on any atom is 0.267 e. The van der Waals surface area contributed by atoms with Gasteiger partial charge in [0.2, 0.25) is 0 Å². The number of hydroxylamine groups is 1. The van der Waals surface area contributed by atoms with Gasteiger partial charge in [0.15, 0.2) is 0 Å². The average molecular weight is 383 g/mol. The van der Waals surface area contributed by atoms with Crippen LogP contribution in [0.1, 0.15) is 55.5 Å². The number of likely N-dealkylation sites (N-methyl/N-ethyl adjacent to an activating group) is 1. The number of benzene rings is 1. The molecule has 2 rings (SSSR count). The van der Waals surface area contributed by atoms with E-state index in [2.05, 4.69) is 22.5 Å². The molecule has 4 N–H and O–H groups in total. The summed E-state index contributed by atoms with van der Waals surface area (Å²) in [6.07, 6.45) is 8.70. The predicted molar refractivity (Wildman–Crippen MR) is 110 cm³/mol. The van der Waals surface area contributed by atoms with Crippen LogP contribution in [0.4, 0.5) is 0 Å². The Kier molecular flexibility index (Phi) is 7.80. The van der Waals surface area contributed by atoms with Crippen molar-refractivity contribution in [1.29, 1.82) is 0 Å². The first-order valence-electron chi connectivity index (χ1n) is 9.59. The molecule has 1 aliphatic carbocycles. The van der Waals surface area contributed by atoms with E-state index in [1.54, 1.807) is 38.5 Å². The van der Waals surface area contributed by atoms with E-state index in [-0.39, 0.29) is 0 Å². The van der Waals surface area contributed by atoms with Crippen molar-refractivity contribution in [1.82, 2.24) is 16.1 Å². The molecular formula is C22H29N3O3. The molecule has 0 heterocycles. The van der Waals surface area contributed by atoms with E-state index >= 15 is 0 Å². The van der Waals surface area contributed by atoms with Crippen LogP contribution < -0.4 is 16.1 Å². The van der Waals surface area contributed by atoms with Crippen LogP contribution in [0.3, 0.4) is 0 Å². The second kappa shape index (κ2) is 10.1. The third-order valence-corrected chi connectivity index (χ3v) is 5.19. The highest BCUT2D eigenvalue weighted by molar-refractivity contribution is 5.98. The number of nitrogens with one attached hydrogen (secondary N) is 3. The normalized spacial score (nSPS) is 15.7. The quantitative estimate of drug-likeness (QED) is 0.345. The minimum atomic E-state index is -0.944. The van der Waals surface area contributed by atoms with E-state index in [9.17, 15) is 9.59 Å². The van der Waals surface area contributed by atoms with Gasteiger partial charge < -0.3 is 10.6 Å². The van der Waals surface area contributed by atoms with Crippen LogP contribution in [-0.4, -0.2) is 35.7 Å². The van der Waals surface area contributed by atoms with Crippen molar-refractivity contribution in [3.63, 3.8) is 0 Å². The molecule has 0 aliphatic heterocycles. The molecule has 0 radical (unpaired) electrons. The topological polar surface area (TPSA) is 90.5 Å². The van der Waals surface area contributed by atoms with Crippen LogP contribution >= 0.6 is 0 Å². The van der Waals surface area contributed by atoms with Crippen LogP contribution in [0.5, 0.6) is 0 Å². The third kappa shape index (κ3) is 5.95. The second-order valence-electron chi connectivity index (χ2n) is 7.58. The van der Waals surface area contributed by atoms with Crippen LogP contribution in [0.2, 0.25) is 0 Å². The summed E-state index contributed by atoms with van der Waals surface area (Å²) in [7, 11) is 1.68. The first-order valence-corrected chi connectivity index (χ1v) is 9.59. The lowest BCUT2D eigenvalue weighted by Crippen LogP contribution is -2.62. The zero-order valence-electron chi connectivity index (χ0n) is 16.7. The molecule has 0 aromatic heterocycles. The molecule has 1 aromatic carbocycles. The summed E-state index contributed by atoms with van der Waals surface area (Å²) >= 11 is 0. The SMILES string of the molecule is CNC(C)(C)C(NC(=O)c1ccc(/C=C/C#CC2CCCC2)cc1)C(=O)NO. The number of hydrogen-bond donors (Lipinski definition) is 4. The Morgan fingerprint density at radius 1 is 1.21 bits per heavy atom. The van der Waals surface area contributed by atoms with Gasteiger partial charge in [-0.1, -0.05) is 36.8 Å². The number of allylic oxidation sites excluding steroid dienone is 1. The molecule has 2 amide bonds. The van der Waals surface area contributed by atoms with E-state index in [0.29, 0.717) is 11.5 Å². The molecule has 1 saturated carbocycles. The Hall–Kier alpha value is -2.62. The van der Waals surface area contributed by atoms with Gasteiger partial charge in [0.1, 0.15) is 6.04 Å². The molecule has 6 nitrogen and oxygen atoms in total. The van der Waals surface area contributed by atoms with Crippen molar-refractivity contribution >= 4 is 17.9 Å². The second-order valence-corrected chi connectivity index (χ2v) is 7.58. The van der Waals surface area contributed by atoms with Gasteiger partial charge in [-0.25, -0.2) is 5.48 Å². The van der Waals surface area contributed by atoms with Gasteiger partial charge in [0.05, 0.1) is 0 Å². The molecular weight excluding hydrogens is 354 g/mol. The van der Waals surface area contributed by atoms with E-state index in [1.807, 2.05) is 24.3 Å². The fourth-order valence-electron chi connectivity index (χ4n) is 3.12. The predicted octanol–water partition coefficient (Wildman–Crippen LogP) is 2.50. The monoisotopic (exact) mass is 383 g/mol. The van der Waals surface area contributed by atoms with Gasteiger partial charge in [0, 0.05) is 17.0 Å². The molecule has 0 saturated heterocycles. The van der Waals surface area contributed by atoms with Crippen molar-refractivity contribution in [3.8, 4) is 11.8 Å². The highest BCUT2D eigenvalue weighted by Crippen LogP contribution is 2.23. The van der Waals surface area contributed by atoms with Crippen LogP contribution in [0, 0.1) is 17.8 Å². The lowest BCUT2D eigenvalue weighted by molar-refractivity contribution is -0.132. The van der Waals surface area contributed by atoms with E-state index in [1.165, 1.54) is 25.7 Å². The van der Waals surface area contributed by atoms with Crippen LogP contribution in [-0.2, 0) is 4.79 Å². The number of rotatable bonds is 6. The first-order chi connectivity index (χ1) is 13.4. The number of hydrogen-bond acceptors (Lipinski definition) is 4. The van der Waals surface area contributed by atoms with Gasteiger partial charge in [-0.15, -0.1) is 0 Å². The van der Waals surface area contributed by atoms with Crippen molar-refractivity contribution in [2.75, 3.05) is 7.05 Å². The van der Waals surface area contributed by atoms with Gasteiger partial charge in [-0.2, -0.15) is 0 Å². The highest BCUT2D eigenvalue weighted by Gasteiger charge is 2.35. The molecule has 1 aliphatic rings. The lowest BCUT2D eigenvalue weighted by atomic mass is 9.93. The third-order valence-electron chi connectivity index (χ3n) is 5.19. The summed E-state index contributed by atoms with van der Waals surface area (Å²) in [5.74, 6) is 5.82. The summed E-state index contributed by atoms with van der Waals surface area (Å²) in [5, 5.41) is 14.6. The molecule has 1 fully saturated rings. The number of amides is 2. The van der Waals surface area contributed by atoms with Gasteiger partial charge in [-0.3, -0.25) is 14.8 Å². The summed E-state index contributed by atoms with van der Waals surface area (Å²) in [6, 6.07) is 6.10. The zero-order valence-corrected chi connectivity index (χ0v) is 16.7. The Bertz CT molecular complexity index is 766. The van der Waals surface area contributed by atoms with Crippen molar-refractivity contribution in [3.05, 3.63) is 41.5 Å². The minimum absolute atomic E-state index is 0.395. The van der Waals surface area contributed by atoms with E-state index in [4.69, 9.17) is 5.21 Å². The Morgan fingerprint density at radius 3 is 2.43 bits per heavy atom. The Balaban J connectivity index is 2.01. The maximum absolute atomic E-state index is 12.5. The smallest absolute Gasteiger partial charge is 0.267 e. The van der Waals surface area contributed by atoms with Gasteiger partial charge in [0.25, 0.3) is 11.8 Å². The van der Waals surface area contributed by atoms with E-state index < -0.39 is 23.4 Å². The molecule has 6 heteroatoms. The summed E-state index contributed by atoms with van der Waals surface area (Å²) < 4.78 is 0. The molecule has 1 aromatic rings. The highest BCUT2D eigenvalue weighted by atomic mass is 16.5. The van der Waals surface area contributed by atoms with Crippen molar-refractivity contribution < 1.29 is 14.8 Å². The molecule has 1 atom stereocenters. The zero-order chi connectivity index (χ0) is 20.6. The maximum atomic E-state index is 12.5. The van der Waals surface area contributed by atoms with Crippen molar-refractivity contribution in [2.24, 2.45) is 5.92 Å². The molecule has 0 bridgehead atoms. The Morgan fingerprint density at radius 2 is 1.86 bits per heavy atom. The molecule has 0 spiro atoms. The van der Waals surface area contributed by atoms with Gasteiger partial charge in [-0.05, 0) is 63.6 Å². The average Bonchev–Trinajstić information content (AvgIpc) is 3.22. The largest absolute Gasteiger partial charge is 0.338 e. The first kappa shape index (κ1) is 21.7. The lowest BCUT2D eigenvalue weighted by Gasteiger charge is -2.32. The standard InChI is InChI=1S/C22H29N3O3/c1-22(2,23-3)19(21(27)25-28)24-20(26)18-14-12-17(13-15-18)11-7-6-10-16-8-4-5-9-16/h7,11-16,19,23,28H,4-5,8-9H2,1-3H3,(H,24,26)(H,25,27)/b11-7+. The number of carbonyl (C=O) groups is 2. The molecule has 1 unspecified atom stereocenters. The van der Waals surface area contributed by atoms with Gasteiger partial charge >= 0.3 is 0 Å². The summed E-state index contributed by atoms with van der Waals surface area (Å²) in [4.78, 5) is 24.5. The summed E-state index contributed by atoms with van der Waals surface area (Å²) in [6.45, 7) is 3.52. The van der Waals surface area contributed by atoms with Crippen molar-refractivity contribution in [2.45, 2.75) is 51.1 Å². The summed E-state index contributed by atoms with van der Waals surface area (Å²) in [5.41, 5.74) is 2.23. The van der Waals surface area contributed by atoms with Crippen LogP contribution in [0.25, 0.3) is 6.08 Å². The fourth-order valence-corrected chi connectivity index (χ4v) is 3.12. The number of carbonyl (C=O) groups excluding carboxylic acids is 2. The van der Waals surface area contributed by atoms with E-state index in [0.717, 1.165) is 5.56 Å². The Labute approximate surface area is 166 Å².